The summed E-state index contributed by atoms with van der Waals surface area (Å²) in [6.07, 6.45) is 1.83. The van der Waals surface area contributed by atoms with Crippen molar-refractivity contribution >= 4 is 11.7 Å². The number of amides is 1. The Morgan fingerprint density at radius 2 is 2.60 bits per heavy atom. The molecule has 2 unspecified atom stereocenters. The minimum absolute atomic E-state index is 0.0351. The summed E-state index contributed by atoms with van der Waals surface area (Å²) >= 11 is 0. The molecule has 1 saturated heterocycles. The van der Waals surface area contributed by atoms with Crippen LogP contribution in [0.1, 0.15) is 19.8 Å². The molecule has 1 fully saturated rings. The largest absolute Gasteiger partial charge is 0.409 e. The molecule has 0 aromatic carbocycles. The van der Waals surface area contributed by atoms with E-state index in [4.69, 9.17) is 10.9 Å². The zero-order valence-electron chi connectivity index (χ0n) is 8.86. The van der Waals surface area contributed by atoms with Crippen LogP contribution in [0.4, 0.5) is 0 Å². The average molecular weight is 214 g/mol. The van der Waals surface area contributed by atoms with Crippen molar-refractivity contribution in [3.8, 4) is 0 Å². The predicted molar refractivity (Wildman–Crippen MR) is 56.6 cm³/mol. The number of oxime groups is 1. The molecule has 1 rings (SSSR count). The number of rotatable bonds is 4. The number of nitrogens with two attached hydrogens (primary N) is 1. The highest BCUT2D eigenvalue weighted by atomic mass is 16.4. The van der Waals surface area contributed by atoms with Crippen molar-refractivity contribution < 1.29 is 10.0 Å². The molecule has 0 saturated carbocycles. The highest BCUT2D eigenvalue weighted by Crippen LogP contribution is 2.03. The maximum Gasteiger partial charge on any atom is 0.237 e. The standard InChI is InChI=1S/C9H18N4O2/c1-6(8(10)13-15)5-12-7-3-2-4-11-9(7)14/h6-7,12,15H,2-5H2,1H3,(H2,10,13)(H,11,14). The van der Waals surface area contributed by atoms with E-state index in [1.54, 1.807) is 0 Å². The Kier molecular flexibility index (Phi) is 4.36. The summed E-state index contributed by atoms with van der Waals surface area (Å²) in [4.78, 5) is 11.4. The molecule has 0 aliphatic carbocycles. The Bertz CT molecular complexity index is 254. The van der Waals surface area contributed by atoms with E-state index >= 15 is 0 Å². The van der Waals surface area contributed by atoms with E-state index in [1.165, 1.54) is 0 Å². The van der Waals surface area contributed by atoms with E-state index in [0.717, 1.165) is 19.4 Å². The van der Waals surface area contributed by atoms with Gasteiger partial charge < -0.3 is 21.6 Å². The first kappa shape index (κ1) is 11.8. The first-order chi connectivity index (χ1) is 7.15. The van der Waals surface area contributed by atoms with E-state index in [-0.39, 0.29) is 23.7 Å². The average Bonchev–Trinajstić information content (AvgIpc) is 2.26. The van der Waals surface area contributed by atoms with Gasteiger partial charge in [-0.3, -0.25) is 4.79 Å². The normalized spacial score (nSPS) is 24.7. The van der Waals surface area contributed by atoms with Crippen molar-refractivity contribution in [3.05, 3.63) is 0 Å². The maximum absolute atomic E-state index is 11.4. The molecule has 86 valence electrons. The second-order valence-electron chi connectivity index (χ2n) is 3.82. The fourth-order valence-electron chi connectivity index (χ4n) is 1.49. The molecule has 6 heteroatoms. The van der Waals surface area contributed by atoms with E-state index in [9.17, 15) is 4.79 Å². The van der Waals surface area contributed by atoms with Gasteiger partial charge >= 0.3 is 0 Å². The van der Waals surface area contributed by atoms with Crippen molar-refractivity contribution in [1.82, 2.24) is 10.6 Å². The molecule has 1 aliphatic heterocycles. The molecule has 1 amide bonds. The van der Waals surface area contributed by atoms with Gasteiger partial charge in [-0.1, -0.05) is 12.1 Å². The molecular weight excluding hydrogens is 196 g/mol. The Labute approximate surface area is 88.9 Å². The molecule has 1 heterocycles. The second kappa shape index (κ2) is 5.55. The van der Waals surface area contributed by atoms with Gasteiger partial charge in [0.25, 0.3) is 0 Å². The van der Waals surface area contributed by atoms with Gasteiger partial charge in [0.15, 0.2) is 0 Å². The number of hydrogen-bond acceptors (Lipinski definition) is 4. The lowest BCUT2D eigenvalue weighted by molar-refractivity contribution is -0.124. The molecule has 1 aliphatic rings. The third-order valence-electron chi connectivity index (χ3n) is 2.58. The SMILES string of the molecule is CC(CNC1CCCNC1=O)C(N)=NO. The number of piperidine rings is 1. The minimum Gasteiger partial charge on any atom is -0.409 e. The third kappa shape index (κ3) is 3.39. The second-order valence-corrected chi connectivity index (χ2v) is 3.82. The van der Waals surface area contributed by atoms with Gasteiger partial charge in [-0.25, -0.2) is 0 Å². The van der Waals surface area contributed by atoms with E-state index in [1.807, 2.05) is 6.92 Å². The molecule has 0 aromatic heterocycles. The quantitative estimate of drug-likeness (QED) is 0.214. The Morgan fingerprint density at radius 3 is 3.20 bits per heavy atom. The fraction of sp³-hybridized carbons (Fsp3) is 0.778. The fourth-order valence-corrected chi connectivity index (χ4v) is 1.49. The molecule has 6 nitrogen and oxygen atoms in total. The van der Waals surface area contributed by atoms with E-state index in [2.05, 4.69) is 15.8 Å². The summed E-state index contributed by atoms with van der Waals surface area (Å²) in [5, 5.41) is 17.3. The summed E-state index contributed by atoms with van der Waals surface area (Å²) in [5.41, 5.74) is 5.43. The van der Waals surface area contributed by atoms with Gasteiger partial charge in [0, 0.05) is 19.0 Å². The van der Waals surface area contributed by atoms with Gasteiger partial charge in [-0.15, -0.1) is 0 Å². The third-order valence-corrected chi connectivity index (χ3v) is 2.58. The lowest BCUT2D eigenvalue weighted by Gasteiger charge is -2.24. The molecule has 0 radical (unpaired) electrons. The van der Waals surface area contributed by atoms with Crippen LogP contribution in [0.3, 0.4) is 0 Å². The molecule has 0 spiro atoms. The number of carbonyl (C=O) groups is 1. The smallest absolute Gasteiger partial charge is 0.237 e. The topological polar surface area (TPSA) is 99.7 Å². The zero-order valence-corrected chi connectivity index (χ0v) is 8.86. The predicted octanol–water partition coefficient (Wildman–Crippen LogP) is -0.763. The summed E-state index contributed by atoms with van der Waals surface area (Å²) in [5.74, 6) is 0.136. The highest BCUT2D eigenvalue weighted by Gasteiger charge is 2.22. The monoisotopic (exact) mass is 214 g/mol. The van der Waals surface area contributed by atoms with Gasteiger partial charge in [0.1, 0.15) is 5.84 Å². The first-order valence-electron chi connectivity index (χ1n) is 5.13. The first-order valence-corrected chi connectivity index (χ1v) is 5.13. The lowest BCUT2D eigenvalue weighted by Crippen LogP contribution is -2.50. The molecule has 5 N–H and O–H groups in total. The highest BCUT2D eigenvalue weighted by molar-refractivity contribution is 5.83. The van der Waals surface area contributed by atoms with Gasteiger partial charge in [0.2, 0.25) is 5.91 Å². The van der Waals surface area contributed by atoms with Crippen molar-refractivity contribution in [2.75, 3.05) is 13.1 Å². The van der Waals surface area contributed by atoms with Crippen LogP contribution in [0.15, 0.2) is 5.16 Å². The van der Waals surface area contributed by atoms with Crippen molar-refractivity contribution in [3.63, 3.8) is 0 Å². The van der Waals surface area contributed by atoms with Crippen LogP contribution in [0.5, 0.6) is 0 Å². The number of carbonyl (C=O) groups excluding carboxylic acids is 1. The maximum atomic E-state index is 11.4. The summed E-state index contributed by atoms with van der Waals surface area (Å²) in [6.45, 7) is 3.13. The van der Waals surface area contributed by atoms with Gasteiger partial charge in [0.05, 0.1) is 6.04 Å². The van der Waals surface area contributed by atoms with Crippen molar-refractivity contribution in [2.24, 2.45) is 16.8 Å². The molecular formula is C9H18N4O2. The number of nitrogens with one attached hydrogen (secondary N) is 2. The number of amidine groups is 1. The van der Waals surface area contributed by atoms with E-state index < -0.39 is 0 Å². The molecule has 15 heavy (non-hydrogen) atoms. The van der Waals surface area contributed by atoms with Crippen LogP contribution in [0, 0.1) is 5.92 Å². The molecule has 2 atom stereocenters. The van der Waals surface area contributed by atoms with Gasteiger partial charge in [-0.05, 0) is 12.8 Å². The van der Waals surface area contributed by atoms with Crippen molar-refractivity contribution in [1.29, 1.82) is 0 Å². The Balaban J connectivity index is 2.32. The van der Waals surface area contributed by atoms with Crippen molar-refractivity contribution in [2.45, 2.75) is 25.8 Å². The Hall–Kier alpha value is -1.30. The Morgan fingerprint density at radius 1 is 1.87 bits per heavy atom. The zero-order chi connectivity index (χ0) is 11.3. The van der Waals surface area contributed by atoms with Crippen LogP contribution >= 0.6 is 0 Å². The number of hydrogen-bond donors (Lipinski definition) is 4. The van der Waals surface area contributed by atoms with Gasteiger partial charge in [-0.2, -0.15) is 0 Å². The number of nitrogens with zero attached hydrogens (tertiary/aromatic N) is 1. The lowest BCUT2D eigenvalue weighted by atomic mass is 10.1. The van der Waals surface area contributed by atoms with Crippen LogP contribution < -0.4 is 16.4 Å². The molecule has 0 aromatic rings. The van der Waals surface area contributed by atoms with Crippen LogP contribution in [0.25, 0.3) is 0 Å². The van der Waals surface area contributed by atoms with Crippen LogP contribution in [-0.2, 0) is 4.79 Å². The van der Waals surface area contributed by atoms with Crippen LogP contribution in [-0.4, -0.2) is 36.1 Å². The summed E-state index contributed by atoms with van der Waals surface area (Å²) < 4.78 is 0. The summed E-state index contributed by atoms with van der Waals surface area (Å²) in [7, 11) is 0. The molecule has 0 bridgehead atoms. The van der Waals surface area contributed by atoms with Crippen LogP contribution in [0.2, 0.25) is 0 Å². The van der Waals surface area contributed by atoms with E-state index in [0.29, 0.717) is 6.54 Å². The summed E-state index contributed by atoms with van der Waals surface area (Å²) in [6, 6.07) is -0.146. The minimum atomic E-state index is -0.146.